The zero-order chi connectivity index (χ0) is 20.2. The summed E-state index contributed by atoms with van der Waals surface area (Å²) >= 11 is 6.22. The highest BCUT2D eigenvalue weighted by atomic mass is 35.5. The van der Waals surface area contributed by atoms with Crippen LogP contribution in [0.15, 0.2) is 79.0 Å². The van der Waals surface area contributed by atoms with Crippen LogP contribution in [-0.4, -0.2) is 20.7 Å². The average molecular weight is 406 g/mol. The molecule has 0 radical (unpaired) electrons. The Kier molecular flexibility index (Phi) is 5.49. The molecule has 4 rings (SSSR count). The van der Waals surface area contributed by atoms with E-state index in [1.165, 1.54) is 16.8 Å². The molecular weight excluding hydrogens is 389 g/mol. The molecule has 0 saturated carbocycles. The van der Waals surface area contributed by atoms with Gasteiger partial charge in [-0.15, -0.1) is 0 Å². The lowest BCUT2D eigenvalue weighted by molar-refractivity contribution is 0.0942. The minimum Gasteiger partial charge on any atom is -0.267 e. The lowest BCUT2D eigenvalue weighted by atomic mass is 10.1. The highest BCUT2D eigenvalue weighted by Gasteiger charge is 2.19. The van der Waals surface area contributed by atoms with Crippen LogP contribution in [0.5, 0.6) is 0 Å². The van der Waals surface area contributed by atoms with Crippen LogP contribution >= 0.6 is 11.6 Å². The molecule has 144 valence electrons. The van der Waals surface area contributed by atoms with E-state index in [1.54, 1.807) is 42.6 Å². The normalized spacial score (nSPS) is 10.8. The van der Waals surface area contributed by atoms with Gasteiger partial charge in [0.05, 0.1) is 16.3 Å². The summed E-state index contributed by atoms with van der Waals surface area (Å²) in [5, 5.41) is 4.88. The van der Waals surface area contributed by atoms with E-state index >= 15 is 0 Å². The Morgan fingerprint density at radius 2 is 1.69 bits per heavy atom. The maximum Gasteiger partial charge on any atom is 0.279 e. The Morgan fingerprint density at radius 1 is 0.931 bits per heavy atom. The van der Waals surface area contributed by atoms with Crippen molar-refractivity contribution in [3.8, 4) is 11.4 Å². The lowest BCUT2D eigenvalue weighted by Crippen LogP contribution is -2.17. The Labute approximate surface area is 172 Å². The average Bonchev–Trinajstić information content (AvgIpc) is 3.18. The zero-order valence-electron chi connectivity index (χ0n) is 15.4. The van der Waals surface area contributed by atoms with Crippen LogP contribution < -0.4 is 0 Å². The summed E-state index contributed by atoms with van der Waals surface area (Å²) in [6.07, 6.45) is 2.88. The first-order valence-electron chi connectivity index (χ1n) is 9.16. The SMILES string of the molecule is O=C(c1ccccc1Cl)n1nc(-c2ccccn2)cc1CCc1ccc(F)cc1. The summed E-state index contributed by atoms with van der Waals surface area (Å²) in [6, 6.07) is 20.6. The van der Waals surface area contributed by atoms with Crippen molar-refractivity contribution in [2.24, 2.45) is 0 Å². The minimum atomic E-state index is -0.299. The van der Waals surface area contributed by atoms with Crippen LogP contribution in [0.25, 0.3) is 11.4 Å². The van der Waals surface area contributed by atoms with E-state index in [9.17, 15) is 9.18 Å². The molecule has 0 N–H and O–H groups in total. The summed E-state index contributed by atoms with van der Waals surface area (Å²) < 4.78 is 14.5. The van der Waals surface area contributed by atoms with Gasteiger partial charge in [0, 0.05) is 11.9 Å². The van der Waals surface area contributed by atoms with E-state index in [0.717, 1.165) is 11.3 Å². The molecule has 0 fully saturated rings. The lowest BCUT2D eigenvalue weighted by Gasteiger charge is -2.08. The van der Waals surface area contributed by atoms with Gasteiger partial charge in [-0.2, -0.15) is 5.10 Å². The number of rotatable bonds is 5. The summed E-state index contributed by atoms with van der Waals surface area (Å²) in [5.74, 6) is -0.572. The summed E-state index contributed by atoms with van der Waals surface area (Å²) in [7, 11) is 0. The number of benzene rings is 2. The van der Waals surface area contributed by atoms with E-state index in [0.29, 0.717) is 34.8 Å². The molecule has 0 bridgehead atoms. The summed E-state index contributed by atoms with van der Waals surface area (Å²) in [5.41, 5.74) is 3.39. The molecule has 6 heteroatoms. The minimum absolute atomic E-state index is 0.273. The Morgan fingerprint density at radius 3 is 2.41 bits per heavy atom. The van der Waals surface area contributed by atoms with E-state index in [-0.39, 0.29) is 11.7 Å². The molecule has 0 amide bonds. The fraction of sp³-hybridized carbons (Fsp3) is 0.0870. The highest BCUT2D eigenvalue weighted by Crippen LogP contribution is 2.22. The summed E-state index contributed by atoms with van der Waals surface area (Å²) in [6.45, 7) is 0. The molecule has 0 atom stereocenters. The highest BCUT2D eigenvalue weighted by molar-refractivity contribution is 6.33. The third-order valence-corrected chi connectivity index (χ3v) is 4.92. The molecule has 2 aromatic carbocycles. The topological polar surface area (TPSA) is 47.8 Å². The van der Waals surface area contributed by atoms with Crippen molar-refractivity contribution >= 4 is 17.5 Å². The van der Waals surface area contributed by atoms with Crippen LogP contribution in [0.2, 0.25) is 5.02 Å². The van der Waals surface area contributed by atoms with Crippen molar-refractivity contribution in [3.63, 3.8) is 0 Å². The zero-order valence-corrected chi connectivity index (χ0v) is 16.2. The van der Waals surface area contributed by atoms with E-state index in [4.69, 9.17) is 11.6 Å². The quantitative estimate of drug-likeness (QED) is 0.458. The van der Waals surface area contributed by atoms with Gasteiger partial charge in [0.2, 0.25) is 0 Å². The maximum absolute atomic E-state index is 13.2. The molecule has 0 aliphatic carbocycles. The van der Waals surface area contributed by atoms with Gasteiger partial charge >= 0.3 is 0 Å². The van der Waals surface area contributed by atoms with Crippen molar-refractivity contribution in [2.45, 2.75) is 12.8 Å². The largest absolute Gasteiger partial charge is 0.279 e. The first-order valence-corrected chi connectivity index (χ1v) is 9.53. The molecule has 4 aromatic rings. The number of pyridine rings is 1. The van der Waals surface area contributed by atoms with Gasteiger partial charge in [0.15, 0.2) is 0 Å². The molecule has 2 heterocycles. The van der Waals surface area contributed by atoms with Gasteiger partial charge in [0.1, 0.15) is 11.5 Å². The third kappa shape index (κ3) is 4.25. The number of nitrogens with zero attached hydrogens (tertiary/aromatic N) is 3. The number of carbonyl (C=O) groups excluding carboxylic acids is 1. The van der Waals surface area contributed by atoms with E-state index < -0.39 is 0 Å². The Hall–Kier alpha value is -3.31. The van der Waals surface area contributed by atoms with Crippen LogP contribution in [0, 0.1) is 5.82 Å². The van der Waals surface area contributed by atoms with Gasteiger partial charge in [-0.05, 0) is 60.9 Å². The van der Waals surface area contributed by atoms with Crippen LogP contribution in [0.3, 0.4) is 0 Å². The van der Waals surface area contributed by atoms with Gasteiger partial charge in [0.25, 0.3) is 5.91 Å². The predicted molar refractivity (Wildman–Crippen MR) is 110 cm³/mol. The standard InChI is InChI=1S/C23H17ClFN3O/c24-20-6-2-1-5-19(20)23(29)28-18(13-10-16-8-11-17(25)12-9-16)15-22(27-28)21-7-3-4-14-26-21/h1-9,11-12,14-15H,10,13H2. The molecule has 29 heavy (non-hydrogen) atoms. The fourth-order valence-corrected chi connectivity index (χ4v) is 3.30. The number of halogens is 2. The molecule has 0 unspecified atom stereocenters. The molecule has 0 aliphatic rings. The second-order valence-corrected chi connectivity index (χ2v) is 6.97. The predicted octanol–water partition coefficient (Wildman–Crippen LogP) is 5.21. The monoisotopic (exact) mass is 405 g/mol. The molecule has 0 spiro atoms. The number of hydrogen-bond donors (Lipinski definition) is 0. The van der Waals surface area contributed by atoms with Crippen molar-refractivity contribution < 1.29 is 9.18 Å². The number of hydrogen-bond acceptors (Lipinski definition) is 3. The molecule has 0 aliphatic heterocycles. The second-order valence-electron chi connectivity index (χ2n) is 6.56. The van der Waals surface area contributed by atoms with E-state index in [1.807, 2.05) is 24.3 Å². The first kappa shape index (κ1) is 19.0. The van der Waals surface area contributed by atoms with Crippen LogP contribution in [0.4, 0.5) is 4.39 Å². The van der Waals surface area contributed by atoms with Gasteiger partial charge in [-0.3, -0.25) is 9.78 Å². The van der Waals surface area contributed by atoms with Crippen molar-refractivity contribution in [2.75, 3.05) is 0 Å². The van der Waals surface area contributed by atoms with E-state index in [2.05, 4.69) is 10.1 Å². The molecular formula is C23H17ClFN3O. The number of carbonyl (C=O) groups is 1. The first-order chi connectivity index (χ1) is 14.1. The Bertz CT molecular complexity index is 1140. The third-order valence-electron chi connectivity index (χ3n) is 4.59. The van der Waals surface area contributed by atoms with Crippen LogP contribution in [0.1, 0.15) is 21.6 Å². The number of aromatic nitrogens is 3. The molecule has 2 aromatic heterocycles. The van der Waals surface area contributed by atoms with Crippen molar-refractivity contribution in [3.05, 3.63) is 107 Å². The number of aryl methyl sites for hydroxylation is 2. The van der Waals surface area contributed by atoms with Gasteiger partial charge in [-0.1, -0.05) is 41.9 Å². The fourth-order valence-electron chi connectivity index (χ4n) is 3.09. The Balaban J connectivity index is 1.70. The van der Waals surface area contributed by atoms with Crippen molar-refractivity contribution in [1.82, 2.24) is 14.8 Å². The smallest absolute Gasteiger partial charge is 0.267 e. The second kappa shape index (κ2) is 8.37. The molecule has 0 saturated heterocycles. The van der Waals surface area contributed by atoms with Gasteiger partial charge in [-0.25, -0.2) is 9.07 Å². The summed E-state index contributed by atoms with van der Waals surface area (Å²) in [4.78, 5) is 17.5. The van der Waals surface area contributed by atoms with Crippen LogP contribution in [-0.2, 0) is 12.8 Å². The van der Waals surface area contributed by atoms with Gasteiger partial charge < -0.3 is 0 Å². The molecule has 4 nitrogen and oxygen atoms in total. The van der Waals surface area contributed by atoms with Crippen molar-refractivity contribution in [1.29, 1.82) is 0 Å². The maximum atomic E-state index is 13.2.